The molecule has 0 radical (unpaired) electrons. The molecule has 1 aromatic carbocycles. The van der Waals surface area contributed by atoms with E-state index in [2.05, 4.69) is 4.98 Å². The Morgan fingerprint density at radius 2 is 1.83 bits per heavy atom. The summed E-state index contributed by atoms with van der Waals surface area (Å²) in [5.74, 6) is -2.51. The summed E-state index contributed by atoms with van der Waals surface area (Å²) in [6, 6.07) is 5.38. The number of pyridine rings is 1. The second kappa shape index (κ2) is 7.86. The summed E-state index contributed by atoms with van der Waals surface area (Å²) in [5, 5.41) is 0. The topological polar surface area (TPSA) is 42.4 Å². The van der Waals surface area contributed by atoms with Gasteiger partial charge in [0, 0.05) is 37.1 Å². The van der Waals surface area contributed by atoms with E-state index in [0.717, 1.165) is 17.7 Å². The number of hydrogen-bond donors (Lipinski definition) is 0. The third kappa shape index (κ3) is 3.88. The molecule has 2 aromatic rings. The van der Waals surface area contributed by atoms with E-state index in [1.165, 1.54) is 12.0 Å². The largest absolute Gasteiger partial charge is 0.497 e. The van der Waals surface area contributed by atoms with E-state index in [0.29, 0.717) is 6.42 Å². The number of amides is 1. The molecule has 2 rings (SSSR count). The fourth-order valence-corrected chi connectivity index (χ4v) is 2.35. The number of carbonyl (C=O) groups is 1. The molecule has 1 amide bonds. The third-order valence-corrected chi connectivity index (χ3v) is 3.95. The highest BCUT2D eigenvalue weighted by Crippen LogP contribution is 2.24. The molecule has 1 unspecified atom stereocenters. The molecule has 1 heterocycles. The fourth-order valence-electron chi connectivity index (χ4n) is 2.35. The van der Waals surface area contributed by atoms with Gasteiger partial charge < -0.3 is 9.64 Å². The van der Waals surface area contributed by atoms with Crippen molar-refractivity contribution in [3.05, 3.63) is 59.4 Å². The molecule has 0 saturated heterocycles. The van der Waals surface area contributed by atoms with Crippen LogP contribution in [0.5, 0.6) is 5.75 Å². The van der Waals surface area contributed by atoms with Gasteiger partial charge in [0.2, 0.25) is 0 Å². The molecule has 0 N–H and O–H groups in total. The summed E-state index contributed by atoms with van der Waals surface area (Å²) in [4.78, 5) is 18.2. The fraction of sp³-hybridized carbons (Fsp3) is 0.333. The highest BCUT2D eigenvalue weighted by molar-refractivity contribution is 5.95. The molecule has 24 heavy (non-hydrogen) atoms. The summed E-state index contributed by atoms with van der Waals surface area (Å²) >= 11 is 0. The molecule has 6 heteroatoms. The first-order valence-corrected chi connectivity index (χ1v) is 7.70. The van der Waals surface area contributed by atoms with Crippen molar-refractivity contribution in [2.45, 2.75) is 32.9 Å². The summed E-state index contributed by atoms with van der Waals surface area (Å²) in [5.41, 5.74) is 0.276. The number of methoxy groups -OCH3 is 1. The smallest absolute Gasteiger partial charge is 0.260 e. The predicted molar refractivity (Wildman–Crippen MR) is 86.8 cm³/mol. The van der Waals surface area contributed by atoms with Crippen molar-refractivity contribution in [2.75, 3.05) is 7.11 Å². The molecule has 1 atom stereocenters. The van der Waals surface area contributed by atoms with Gasteiger partial charge in [-0.25, -0.2) is 8.78 Å². The number of rotatable bonds is 6. The van der Waals surface area contributed by atoms with Crippen LogP contribution in [0.3, 0.4) is 0 Å². The van der Waals surface area contributed by atoms with Crippen LogP contribution in [0.1, 0.15) is 36.2 Å². The van der Waals surface area contributed by atoms with Crippen LogP contribution in [0.15, 0.2) is 36.7 Å². The first-order chi connectivity index (χ1) is 11.5. The van der Waals surface area contributed by atoms with E-state index in [9.17, 15) is 13.6 Å². The van der Waals surface area contributed by atoms with Gasteiger partial charge in [-0.1, -0.05) is 6.92 Å². The van der Waals surface area contributed by atoms with Gasteiger partial charge in [0.25, 0.3) is 5.91 Å². The number of halogens is 2. The Balaban J connectivity index is 2.38. The predicted octanol–water partition coefficient (Wildman–Crippen LogP) is 3.81. The minimum atomic E-state index is -0.931. The van der Waals surface area contributed by atoms with Gasteiger partial charge in [-0.05, 0) is 31.0 Å². The lowest BCUT2D eigenvalue weighted by Gasteiger charge is -2.29. The van der Waals surface area contributed by atoms with Crippen molar-refractivity contribution in [1.29, 1.82) is 0 Å². The molecule has 1 aromatic heterocycles. The van der Waals surface area contributed by atoms with Crippen LogP contribution in [0.25, 0.3) is 0 Å². The second-order valence-corrected chi connectivity index (χ2v) is 5.51. The van der Waals surface area contributed by atoms with Gasteiger partial charge in [0.1, 0.15) is 22.9 Å². The Labute approximate surface area is 140 Å². The summed E-state index contributed by atoms with van der Waals surface area (Å²) < 4.78 is 33.3. The molecule has 0 spiro atoms. The zero-order valence-corrected chi connectivity index (χ0v) is 13.9. The van der Waals surface area contributed by atoms with Crippen molar-refractivity contribution in [3.63, 3.8) is 0 Å². The van der Waals surface area contributed by atoms with Gasteiger partial charge in [0.15, 0.2) is 0 Å². The van der Waals surface area contributed by atoms with E-state index >= 15 is 0 Å². The van der Waals surface area contributed by atoms with Crippen LogP contribution < -0.4 is 4.74 Å². The zero-order chi connectivity index (χ0) is 17.7. The van der Waals surface area contributed by atoms with Crippen LogP contribution >= 0.6 is 0 Å². The maximum Gasteiger partial charge on any atom is 0.260 e. The number of aromatic nitrogens is 1. The average Bonchev–Trinajstić information content (AvgIpc) is 2.59. The molecule has 0 aliphatic rings. The van der Waals surface area contributed by atoms with Crippen LogP contribution in [-0.4, -0.2) is 28.9 Å². The Hall–Kier alpha value is -2.50. The normalized spacial score (nSPS) is 11.9. The Morgan fingerprint density at radius 1 is 1.25 bits per heavy atom. The van der Waals surface area contributed by atoms with Crippen LogP contribution in [0, 0.1) is 11.6 Å². The highest BCUT2D eigenvalue weighted by atomic mass is 19.1. The molecule has 0 saturated carbocycles. The number of ether oxygens (including phenoxy) is 1. The van der Waals surface area contributed by atoms with E-state index in [4.69, 9.17) is 4.74 Å². The highest BCUT2D eigenvalue weighted by Gasteiger charge is 2.27. The van der Waals surface area contributed by atoms with Crippen LogP contribution in [-0.2, 0) is 6.54 Å². The minimum Gasteiger partial charge on any atom is -0.497 e. The van der Waals surface area contributed by atoms with Gasteiger partial charge in [-0.2, -0.15) is 0 Å². The lowest BCUT2D eigenvalue weighted by molar-refractivity contribution is 0.0661. The third-order valence-electron chi connectivity index (χ3n) is 3.95. The average molecular weight is 334 g/mol. The Kier molecular flexibility index (Phi) is 5.84. The van der Waals surface area contributed by atoms with Crippen molar-refractivity contribution in [1.82, 2.24) is 9.88 Å². The van der Waals surface area contributed by atoms with E-state index < -0.39 is 23.1 Å². The van der Waals surface area contributed by atoms with Gasteiger partial charge in [0.05, 0.1) is 7.11 Å². The number of hydrogen-bond acceptors (Lipinski definition) is 3. The van der Waals surface area contributed by atoms with E-state index in [1.54, 1.807) is 24.5 Å². The number of benzene rings is 1. The standard InChI is InChI=1S/C18H20F2N2O2/c1-4-12(2)22(11-13-5-7-21-8-6-13)18(23)17-15(19)9-14(24-3)10-16(17)20/h5-10,12H,4,11H2,1-3H3. The van der Waals surface area contributed by atoms with E-state index in [1.807, 2.05) is 13.8 Å². The second-order valence-electron chi connectivity index (χ2n) is 5.51. The maximum absolute atomic E-state index is 14.2. The number of nitrogens with zero attached hydrogens (tertiary/aromatic N) is 2. The molecule has 0 aliphatic carbocycles. The monoisotopic (exact) mass is 334 g/mol. The van der Waals surface area contributed by atoms with Gasteiger partial charge in [-0.3, -0.25) is 9.78 Å². The zero-order valence-electron chi connectivity index (χ0n) is 13.9. The first kappa shape index (κ1) is 17.8. The lowest BCUT2D eigenvalue weighted by Crippen LogP contribution is -2.38. The first-order valence-electron chi connectivity index (χ1n) is 7.70. The molecule has 128 valence electrons. The van der Waals surface area contributed by atoms with Crippen molar-refractivity contribution in [2.24, 2.45) is 0 Å². The molecule has 0 aliphatic heterocycles. The lowest BCUT2D eigenvalue weighted by atomic mass is 10.1. The number of carbonyl (C=O) groups excluding carboxylic acids is 1. The minimum absolute atomic E-state index is 0.0331. The summed E-state index contributed by atoms with van der Waals surface area (Å²) in [7, 11) is 1.31. The van der Waals surface area contributed by atoms with Crippen molar-refractivity contribution in [3.8, 4) is 5.75 Å². The van der Waals surface area contributed by atoms with E-state index in [-0.39, 0.29) is 18.3 Å². The summed E-state index contributed by atoms with van der Waals surface area (Å²) in [6.45, 7) is 4.01. The Morgan fingerprint density at radius 3 is 2.33 bits per heavy atom. The quantitative estimate of drug-likeness (QED) is 0.807. The van der Waals surface area contributed by atoms with Gasteiger partial charge >= 0.3 is 0 Å². The maximum atomic E-state index is 14.2. The molecular weight excluding hydrogens is 314 g/mol. The van der Waals surface area contributed by atoms with Crippen LogP contribution in [0.4, 0.5) is 8.78 Å². The van der Waals surface area contributed by atoms with Crippen LogP contribution in [0.2, 0.25) is 0 Å². The SMILES string of the molecule is CCC(C)N(Cc1ccncc1)C(=O)c1c(F)cc(OC)cc1F. The molecular formula is C18H20F2N2O2. The Bertz CT molecular complexity index is 684. The van der Waals surface area contributed by atoms with Gasteiger partial charge in [-0.15, -0.1) is 0 Å². The van der Waals surface area contributed by atoms with Crippen molar-refractivity contribution >= 4 is 5.91 Å². The molecule has 0 bridgehead atoms. The molecule has 4 nitrogen and oxygen atoms in total. The summed E-state index contributed by atoms with van der Waals surface area (Å²) in [6.07, 6.45) is 3.89. The molecule has 0 fully saturated rings. The van der Waals surface area contributed by atoms with Crippen molar-refractivity contribution < 1.29 is 18.3 Å².